The van der Waals surface area contributed by atoms with Gasteiger partial charge in [0.2, 0.25) is 0 Å². The third kappa shape index (κ3) is 4.72. The van der Waals surface area contributed by atoms with Crippen LogP contribution in [0.1, 0.15) is 31.3 Å². The van der Waals surface area contributed by atoms with Gasteiger partial charge in [0.15, 0.2) is 11.5 Å². The molecule has 1 aromatic carbocycles. The van der Waals surface area contributed by atoms with Crippen molar-refractivity contribution in [1.29, 1.82) is 0 Å². The number of H-pyrrole nitrogens is 1. The largest absolute Gasteiger partial charge is 0.493 e. The molecule has 2 amide bonds. The van der Waals surface area contributed by atoms with E-state index in [0.29, 0.717) is 56.6 Å². The lowest BCUT2D eigenvalue weighted by atomic mass is 10.1. The van der Waals surface area contributed by atoms with Crippen LogP contribution in [0.25, 0.3) is 10.2 Å². The number of hydrogen-bond donors (Lipinski definition) is 2. The third-order valence-electron chi connectivity index (χ3n) is 6.83. The summed E-state index contributed by atoms with van der Waals surface area (Å²) >= 11 is 1.18. The molecule has 0 unspecified atom stereocenters. The molecule has 4 bridgehead atoms. The quantitative estimate of drug-likeness (QED) is 0.373. The summed E-state index contributed by atoms with van der Waals surface area (Å²) in [4.78, 5) is 48.5. The number of aryl methyl sites for hydroxylation is 1. The van der Waals surface area contributed by atoms with Gasteiger partial charge < -0.3 is 29.4 Å². The van der Waals surface area contributed by atoms with Crippen LogP contribution in [0.4, 0.5) is 0 Å². The minimum Gasteiger partial charge on any atom is -0.493 e. The van der Waals surface area contributed by atoms with Crippen molar-refractivity contribution in [3.8, 4) is 11.5 Å². The number of rotatable bonds is 2. The summed E-state index contributed by atoms with van der Waals surface area (Å²) in [6.07, 6.45) is 2.59. The van der Waals surface area contributed by atoms with Gasteiger partial charge in [-0.25, -0.2) is 9.67 Å². The standard InChI is InChI=1S/C25H25N7O6S/c1-13-20-23(34)26-12-27-24(20)39-21(13)25(35)31-9-16-19(10-31)38-11-15-8-32(30-29-15)5-6-37-18-7-14(22(33)28-16)3-4-17(18)36-2/h3-4,7-8,12,16,19H,5-6,9-11H2,1-2H3,(H,28,33)(H,26,27,34)/t16-,19-/m0/s1. The van der Waals surface area contributed by atoms with E-state index >= 15 is 0 Å². The average Bonchev–Trinajstić information content (AvgIpc) is 3.64. The van der Waals surface area contributed by atoms with Crippen LogP contribution < -0.4 is 20.3 Å². The summed E-state index contributed by atoms with van der Waals surface area (Å²) in [5.74, 6) is 0.352. The zero-order valence-electron chi connectivity index (χ0n) is 21.2. The number of aromatic amines is 1. The normalized spacial score (nSPS) is 19.5. The first-order valence-corrected chi connectivity index (χ1v) is 13.1. The second-order valence-corrected chi connectivity index (χ2v) is 10.3. The van der Waals surface area contributed by atoms with Gasteiger partial charge in [0.25, 0.3) is 17.4 Å². The van der Waals surface area contributed by atoms with Crippen molar-refractivity contribution in [1.82, 2.24) is 35.2 Å². The monoisotopic (exact) mass is 551 g/mol. The van der Waals surface area contributed by atoms with E-state index < -0.39 is 12.1 Å². The molecule has 1 saturated heterocycles. The van der Waals surface area contributed by atoms with Gasteiger partial charge in [0.05, 0.1) is 55.2 Å². The van der Waals surface area contributed by atoms with E-state index in [4.69, 9.17) is 14.2 Å². The highest BCUT2D eigenvalue weighted by Crippen LogP contribution is 2.30. The van der Waals surface area contributed by atoms with Crippen molar-refractivity contribution >= 4 is 33.4 Å². The second kappa shape index (κ2) is 10.1. The number of benzene rings is 1. The van der Waals surface area contributed by atoms with E-state index in [9.17, 15) is 14.4 Å². The van der Waals surface area contributed by atoms with Gasteiger partial charge in [-0.3, -0.25) is 14.4 Å². The van der Waals surface area contributed by atoms with Crippen LogP contribution in [0.3, 0.4) is 0 Å². The number of aromatic nitrogens is 5. The van der Waals surface area contributed by atoms with Gasteiger partial charge in [-0.05, 0) is 30.7 Å². The van der Waals surface area contributed by atoms with E-state index in [0.717, 1.165) is 0 Å². The summed E-state index contributed by atoms with van der Waals surface area (Å²) in [7, 11) is 1.53. The Morgan fingerprint density at radius 1 is 1.26 bits per heavy atom. The number of fused-ring (bicyclic) bond motifs is 6. The number of methoxy groups -OCH3 is 1. The SMILES string of the molecule is COc1ccc2cc1OCCn1cc(nn1)CO[C@H]1CN(C(=O)c3sc4nc[nH]c(=O)c4c3C)C[C@@H]1NC2=O. The zero-order valence-corrected chi connectivity index (χ0v) is 22.0. The van der Waals surface area contributed by atoms with Crippen molar-refractivity contribution in [3.05, 3.63) is 62.8 Å². The maximum absolute atomic E-state index is 13.6. The molecule has 2 aliphatic rings. The van der Waals surface area contributed by atoms with Crippen LogP contribution in [0.15, 0.2) is 35.5 Å². The Bertz CT molecular complexity index is 1630. The van der Waals surface area contributed by atoms with Gasteiger partial charge in [0.1, 0.15) is 17.1 Å². The number of nitrogens with one attached hydrogen (secondary N) is 2. The first-order chi connectivity index (χ1) is 18.9. The van der Waals surface area contributed by atoms with Gasteiger partial charge in [-0.1, -0.05) is 5.21 Å². The fourth-order valence-corrected chi connectivity index (χ4v) is 5.93. The zero-order chi connectivity index (χ0) is 27.1. The first kappa shape index (κ1) is 25.0. The highest BCUT2D eigenvalue weighted by molar-refractivity contribution is 7.20. The fourth-order valence-electron chi connectivity index (χ4n) is 4.81. The van der Waals surface area contributed by atoms with Crippen molar-refractivity contribution in [3.63, 3.8) is 0 Å². The molecule has 2 atom stereocenters. The minimum absolute atomic E-state index is 0.155. The van der Waals surface area contributed by atoms with E-state index in [2.05, 4.69) is 25.6 Å². The maximum Gasteiger partial charge on any atom is 0.264 e. The number of nitrogens with zero attached hydrogens (tertiary/aromatic N) is 5. The Kier molecular flexibility index (Phi) is 6.48. The van der Waals surface area contributed by atoms with E-state index in [1.54, 1.807) is 40.9 Å². The molecule has 202 valence electrons. The van der Waals surface area contributed by atoms with E-state index in [1.807, 2.05) is 0 Å². The molecule has 3 aromatic heterocycles. The molecule has 1 fully saturated rings. The molecule has 2 N–H and O–H groups in total. The molecule has 5 heterocycles. The van der Waals surface area contributed by atoms with Crippen molar-refractivity contribution < 1.29 is 23.8 Å². The van der Waals surface area contributed by atoms with Crippen LogP contribution in [0.2, 0.25) is 0 Å². The topological polar surface area (TPSA) is 154 Å². The van der Waals surface area contributed by atoms with Crippen molar-refractivity contribution in [2.24, 2.45) is 0 Å². The summed E-state index contributed by atoms with van der Waals surface area (Å²) in [5.41, 5.74) is 1.29. The van der Waals surface area contributed by atoms with Crippen molar-refractivity contribution in [2.75, 3.05) is 26.8 Å². The Balaban J connectivity index is 1.30. The number of likely N-dealkylation sites (tertiary alicyclic amines) is 1. The Morgan fingerprint density at radius 2 is 2.13 bits per heavy atom. The number of hydrogen-bond acceptors (Lipinski definition) is 10. The van der Waals surface area contributed by atoms with Crippen LogP contribution in [0.5, 0.6) is 11.5 Å². The summed E-state index contributed by atoms with van der Waals surface area (Å²) < 4.78 is 19.1. The Hall–Kier alpha value is -4.30. The van der Waals surface area contributed by atoms with E-state index in [1.165, 1.54) is 24.8 Å². The molecule has 4 aromatic rings. The predicted molar refractivity (Wildman–Crippen MR) is 139 cm³/mol. The van der Waals surface area contributed by atoms with Crippen LogP contribution in [-0.4, -0.2) is 80.6 Å². The lowest BCUT2D eigenvalue weighted by molar-refractivity contribution is 0.0291. The Morgan fingerprint density at radius 3 is 2.95 bits per heavy atom. The Labute approximate surface area is 225 Å². The minimum atomic E-state index is -0.502. The van der Waals surface area contributed by atoms with Gasteiger partial charge >= 0.3 is 0 Å². The molecule has 0 aliphatic carbocycles. The molecule has 39 heavy (non-hydrogen) atoms. The first-order valence-electron chi connectivity index (χ1n) is 12.3. The molecule has 0 radical (unpaired) electrons. The van der Waals surface area contributed by atoms with Crippen molar-refractivity contribution in [2.45, 2.75) is 32.2 Å². The molecule has 0 spiro atoms. The lowest BCUT2D eigenvalue weighted by Crippen LogP contribution is -2.44. The number of amides is 2. The van der Waals surface area contributed by atoms with Crippen LogP contribution >= 0.6 is 11.3 Å². The van der Waals surface area contributed by atoms with Crippen LogP contribution in [0, 0.1) is 6.92 Å². The number of ether oxygens (including phenoxy) is 3. The molecule has 2 aliphatic heterocycles. The van der Waals surface area contributed by atoms with Crippen LogP contribution in [-0.2, 0) is 17.9 Å². The molecule has 13 nitrogen and oxygen atoms in total. The molecule has 0 saturated carbocycles. The highest BCUT2D eigenvalue weighted by Gasteiger charge is 2.39. The third-order valence-corrected chi connectivity index (χ3v) is 8.02. The van der Waals surface area contributed by atoms with E-state index in [-0.39, 0.29) is 37.1 Å². The molecule has 14 heteroatoms. The molecular weight excluding hydrogens is 526 g/mol. The van der Waals surface area contributed by atoms with Gasteiger partial charge in [0, 0.05) is 18.7 Å². The lowest BCUT2D eigenvalue weighted by Gasteiger charge is -2.20. The van der Waals surface area contributed by atoms with Gasteiger partial charge in [-0.2, -0.15) is 0 Å². The summed E-state index contributed by atoms with van der Waals surface area (Å²) in [6, 6.07) is 4.46. The average molecular weight is 552 g/mol. The predicted octanol–water partition coefficient (Wildman–Crippen LogP) is 1.13. The van der Waals surface area contributed by atoms with Gasteiger partial charge in [-0.15, -0.1) is 16.4 Å². The maximum atomic E-state index is 13.6. The molecule has 6 rings (SSSR count). The number of carbonyl (C=O) groups excluding carboxylic acids is 2. The fraction of sp³-hybridized carbons (Fsp3) is 0.360. The highest BCUT2D eigenvalue weighted by atomic mass is 32.1. The number of carbonyl (C=O) groups is 2. The molecular formula is C25H25N7O6S. The smallest absolute Gasteiger partial charge is 0.264 e. The second-order valence-electron chi connectivity index (χ2n) is 9.29. The number of thiophene rings is 1. The summed E-state index contributed by atoms with van der Waals surface area (Å²) in [5, 5.41) is 11.7. The summed E-state index contributed by atoms with van der Waals surface area (Å²) in [6.45, 7) is 3.09.